The maximum atomic E-state index is 12.1. The Labute approximate surface area is 203 Å². The van der Waals surface area contributed by atoms with Crippen LogP contribution in [0.1, 0.15) is 31.4 Å². The number of carbonyl (C=O) groups excluding carboxylic acids is 3. The van der Waals surface area contributed by atoms with Gasteiger partial charge in [-0.3, -0.25) is 14.4 Å². The molecule has 3 amide bonds. The number of nitrogens with zero attached hydrogens (tertiary/aromatic N) is 1. The Morgan fingerprint density at radius 2 is 1.82 bits per heavy atom. The van der Waals surface area contributed by atoms with Gasteiger partial charge in [-0.25, -0.2) is 5.43 Å². The molecule has 0 bridgehead atoms. The molecule has 0 spiro atoms. The predicted molar refractivity (Wildman–Crippen MR) is 130 cm³/mol. The van der Waals surface area contributed by atoms with Crippen molar-refractivity contribution in [3.05, 3.63) is 64.7 Å². The van der Waals surface area contributed by atoms with E-state index in [1.165, 1.54) is 6.21 Å². The Bertz CT molecular complexity index is 983. The molecule has 9 nitrogen and oxygen atoms in total. The quantitative estimate of drug-likeness (QED) is 0.183. The summed E-state index contributed by atoms with van der Waals surface area (Å²) in [6, 6.07) is 14.2. The Hall–Kier alpha value is -3.43. The molecule has 0 fully saturated rings. The van der Waals surface area contributed by atoms with E-state index >= 15 is 0 Å². The third-order valence-electron chi connectivity index (χ3n) is 4.30. The number of ether oxygens (including phenoxy) is 2. The standard InChI is InChI=1S/C24H29ClN4O5/c1-17(2)33-12-6-11-26-23(31)24(32)29-28-15-19-13-20(25)9-10-21(19)34-16-22(30)27-14-18-7-4-3-5-8-18/h3-5,7-10,13,15,17H,6,11-12,14,16H2,1-2H3,(H,26,31)(H,27,30)(H,29,32)/b28-15-. The first-order valence-electron chi connectivity index (χ1n) is 10.8. The number of carbonyl (C=O) groups is 3. The first-order valence-corrected chi connectivity index (χ1v) is 11.2. The zero-order valence-electron chi connectivity index (χ0n) is 19.2. The highest BCUT2D eigenvalue weighted by Crippen LogP contribution is 2.21. The third kappa shape index (κ3) is 10.5. The lowest BCUT2D eigenvalue weighted by atomic mass is 10.2. The van der Waals surface area contributed by atoms with Crippen LogP contribution in [0.15, 0.2) is 53.6 Å². The zero-order valence-corrected chi connectivity index (χ0v) is 19.9. The molecule has 0 aliphatic carbocycles. The maximum absolute atomic E-state index is 12.1. The van der Waals surface area contributed by atoms with E-state index in [0.717, 1.165) is 5.56 Å². The SMILES string of the molecule is CC(C)OCCCNC(=O)C(=O)N/N=C\c1cc(Cl)ccc1OCC(=O)NCc1ccccc1. The molecule has 0 aliphatic rings. The van der Waals surface area contributed by atoms with Crippen molar-refractivity contribution in [3.63, 3.8) is 0 Å². The van der Waals surface area contributed by atoms with Crippen LogP contribution in [0.5, 0.6) is 5.75 Å². The summed E-state index contributed by atoms with van der Waals surface area (Å²) in [6.45, 7) is 4.80. The fraction of sp³-hybridized carbons (Fsp3) is 0.333. The van der Waals surface area contributed by atoms with E-state index in [0.29, 0.717) is 42.5 Å². The highest BCUT2D eigenvalue weighted by Gasteiger charge is 2.12. The molecule has 0 saturated carbocycles. The van der Waals surface area contributed by atoms with Crippen LogP contribution < -0.4 is 20.8 Å². The lowest BCUT2D eigenvalue weighted by molar-refractivity contribution is -0.139. The molecular weight excluding hydrogens is 460 g/mol. The van der Waals surface area contributed by atoms with Crippen LogP contribution in [0, 0.1) is 0 Å². The Morgan fingerprint density at radius 3 is 2.56 bits per heavy atom. The Kier molecular flexibility index (Phi) is 11.6. The fourth-order valence-corrected chi connectivity index (χ4v) is 2.81. The maximum Gasteiger partial charge on any atom is 0.329 e. The summed E-state index contributed by atoms with van der Waals surface area (Å²) >= 11 is 6.03. The molecule has 0 atom stereocenters. The van der Waals surface area contributed by atoms with E-state index in [-0.39, 0.29) is 18.6 Å². The number of amides is 3. The van der Waals surface area contributed by atoms with Crippen molar-refractivity contribution >= 4 is 35.5 Å². The van der Waals surface area contributed by atoms with Crippen molar-refractivity contribution in [1.29, 1.82) is 0 Å². The first-order chi connectivity index (χ1) is 16.3. The van der Waals surface area contributed by atoms with Gasteiger partial charge in [0.25, 0.3) is 5.91 Å². The third-order valence-corrected chi connectivity index (χ3v) is 4.53. The highest BCUT2D eigenvalue weighted by molar-refractivity contribution is 6.35. The molecule has 3 N–H and O–H groups in total. The van der Waals surface area contributed by atoms with Crippen molar-refractivity contribution in [2.45, 2.75) is 32.9 Å². The van der Waals surface area contributed by atoms with Gasteiger partial charge in [-0.15, -0.1) is 0 Å². The summed E-state index contributed by atoms with van der Waals surface area (Å²) < 4.78 is 10.9. The van der Waals surface area contributed by atoms with Gasteiger partial charge in [0.1, 0.15) is 5.75 Å². The van der Waals surface area contributed by atoms with Crippen molar-refractivity contribution in [3.8, 4) is 5.75 Å². The number of hydrazone groups is 1. The molecule has 2 rings (SSSR count). The average molecular weight is 489 g/mol. The minimum atomic E-state index is -0.911. The molecule has 10 heteroatoms. The van der Waals surface area contributed by atoms with Gasteiger partial charge in [-0.2, -0.15) is 5.10 Å². The summed E-state index contributed by atoms with van der Waals surface area (Å²) in [5, 5.41) is 9.45. The molecule has 182 valence electrons. The van der Waals surface area contributed by atoms with Crippen molar-refractivity contribution in [2.75, 3.05) is 19.8 Å². The van der Waals surface area contributed by atoms with E-state index in [9.17, 15) is 14.4 Å². The summed E-state index contributed by atoms with van der Waals surface area (Å²) in [4.78, 5) is 35.8. The van der Waals surface area contributed by atoms with Gasteiger partial charge in [0.2, 0.25) is 0 Å². The molecule has 0 unspecified atom stereocenters. The number of hydrogen-bond acceptors (Lipinski definition) is 6. The van der Waals surface area contributed by atoms with Crippen molar-refractivity contribution in [2.24, 2.45) is 5.10 Å². The number of benzene rings is 2. The number of halogens is 1. The van der Waals surface area contributed by atoms with Gasteiger partial charge in [0.05, 0.1) is 12.3 Å². The minimum Gasteiger partial charge on any atom is -0.483 e. The lowest BCUT2D eigenvalue weighted by Gasteiger charge is -2.10. The van der Waals surface area contributed by atoms with Gasteiger partial charge < -0.3 is 20.1 Å². The Balaban J connectivity index is 1.81. The van der Waals surface area contributed by atoms with Gasteiger partial charge in [0.15, 0.2) is 6.61 Å². The zero-order chi connectivity index (χ0) is 24.8. The topological polar surface area (TPSA) is 118 Å². The highest BCUT2D eigenvalue weighted by atomic mass is 35.5. The molecule has 0 radical (unpaired) electrons. The van der Waals surface area contributed by atoms with Crippen LogP contribution in [0.2, 0.25) is 5.02 Å². The van der Waals surface area contributed by atoms with Gasteiger partial charge in [-0.1, -0.05) is 41.9 Å². The number of rotatable bonds is 12. The minimum absolute atomic E-state index is 0.109. The van der Waals surface area contributed by atoms with Crippen molar-refractivity contribution < 1.29 is 23.9 Å². The fourth-order valence-electron chi connectivity index (χ4n) is 2.63. The predicted octanol–water partition coefficient (Wildman–Crippen LogP) is 2.42. The molecule has 0 aromatic heterocycles. The summed E-state index contributed by atoms with van der Waals surface area (Å²) in [5.74, 6) is -1.68. The van der Waals surface area contributed by atoms with Crippen LogP contribution in [0.4, 0.5) is 0 Å². The molecule has 2 aromatic carbocycles. The molecular formula is C24H29ClN4O5. The average Bonchev–Trinajstić information content (AvgIpc) is 2.82. The second-order valence-electron chi connectivity index (χ2n) is 7.46. The van der Waals surface area contributed by atoms with Gasteiger partial charge >= 0.3 is 11.8 Å². The number of nitrogens with one attached hydrogen (secondary N) is 3. The second-order valence-corrected chi connectivity index (χ2v) is 7.90. The largest absolute Gasteiger partial charge is 0.483 e. The summed E-state index contributed by atoms with van der Waals surface area (Å²) in [6.07, 6.45) is 1.98. The van der Waals surface area contributed by atoms with Gasteiger partial charge in [0, 0.05) is 30.3 Å². The monoisotopic (exact) mass is 488 g/mol. The van der Waals surface area contributed by atoms with E-state index in [1.807, 2.05) is 44.2 Å². The van der Waals surface area contributed by atoms with Crippen LogP contribution in [-0.4, -0.2) is 49.8 Å². The van der Waals surface area contributed by atoms with Gasteiger partial charge in [-0.05, 0) is 44.0 Å². The van der Waals surface area contributed by atoms with Crippen LogP contribution in [0.3, 0.4) is 0 Å². The second kappa shape index (κ2) is 14.7. The van der Waals surface area contributed by atoms with Crippen molar-refractivity contribution in [1.82, 2.24) is 16.1 Å². The van der Waals surface area contributed by atoms with E-state index in [1.54, 1.807) is 18.2 Å². The molecule has 34 heavy (non-hydrogen) atoms. The van der Waals surface area contributed by atoms with E-state index in [4.69, 9.17) is 21.1 Å². The molecule has 0 saturated heterocycles. The van der Waals surface area contributed by atoms with Crippen LogP contribution in [0.25, 0.3) is 0 Å². The lowest BCUT2D eigenvalue weighted by Crippen LogP contribution is -2.38. The first kappa shape index (κ1) is 26.8. The molecule has 2 aromatic rings. The van der Waals surface area contributed by atoms with E-state index < -0.39 is 11.8 Å². The number of hydrogen-bond donors (Lipinski definition) is 3. The normalized spacial score (nSPS) is 10.8. The summed E-state index contributed by atoms with van der Waals surface area (Å²) in [5.41, 5.74) is 3.55. The summed E-state index contributed by atoms with van der Waals surface area (Å²) in [7, 11) is 0. The molecule has 0 aliphatic heterocycles. The molecule has 0 heterocycles. The smallest absolute Gasteiger partial charge is 0.329 e. The Morgan fingerprint density at radius 1 is 1.06 bits per heavy atom. The van der Waals surface area contributed by atoms with Crippen LogP contribution >= 0.6 is 11.6 Å². The van der Waals surface area contributed by atoms with Crippen LogP contribution in [-0.2, 0) is 25.7 Å². The van der Waals surface area contributed by atoms with E-state index in [2.05, 4.69) is 21.2 Å².